The second kappa shape index (κ2) is 8.14. The molecule has 0 bridgehead atoms. The first-order valence-corrected chi connectivity index (χ1v) is 10.7. The summed E-state index contributed by atoms with van der Waals surface area (Å²) in [6.45, 7) is 2.02. The first kappa shape index (κ1) is 23.8. The van der Waals surface area contributed by atoms with E-state index in [1.165, 1.54) is 17.0 Å². The average molecular weight is 505 g/mol. The topological polar surface area (TPSA) is 62.1 Å². The number of hydrogen-bond acceptors (Lipinski definition) is 4. The van der Waals surface area contributed by atoms with E-state index in [2.05, 4.69) is 5.16 Å². The van der Waals surface area contributed by atoms with Gasteiger partial charge in [0.1, 0.15) is 5.60 Å². The molecule has 1 amide bonds. The Bertz CT molecular complexity index is 1110. The van der Waals surface area contributed by atoms with Crippen LogP contribution >= 0.6 is 23.2 Å². The van der Waals surface area contributed by atoms with Gasteiger partial charge in [0.05, 0.1) is 28.8 Å². The number of nitrogens with zero attached hydrogens (tertiary/aromatic N) is 2. The van der Waals surface area contributed by atoms with Gasteiger partial charge in [0.2, 0.25) is 5.91 Å². The standard InChI is InChI=1S/C22H18Cl2F4N2O3/c1-2-18(31)30-10-20(32,11-30)13-5-3-12(4-6-13)17-9-21(33-29-17,22(26,27)28)14-7-15(23)19(25)16(24)8-14/h3-8,32H,2,9-11H2,1H3. The molecule has 0 spiro atoms. The average Bonchev–Trinajstić information content (AvgIpc) is 3.21. The molecule has 2 aliphatic rings. The molecule has 2 heterocycles. The fourth-order valence-corrected chi connectivity index (χ4v) is 4.47. The van der Waals surface area contributed by atoms with E-state index in [1.807, 2.05) is 0 Å². The lowest BCUT2D eigenvalue weighted by Gasteiger charge is -2.46. The van der Waals surface area contributed by atoms with Crippen LogP contribution in [0.5, 0.6) is 0 Å². The summed E-state index contributed by atoms with van der Waals surface area (Å²) in [4.78, 5) is 18.2. The van der Waals surface area contributed by atoms with Crippen LogP contribution in [0.2, 0.25) is 10.0 Å². The van der Waals surface area contributed by atoms with Crippen molar-refractivity contribution >= 4 is 34.8 Å². The first-order valence-electron chi connectivity index (χ1n) is 9.98. The number of likely N-dealkylation sites (tertiary alicyclic amines) is 1. The molecule has 0 aliphatic carbocycles. The molecule has 176 valence electrons. The van der Waals surface area contributed by atoms with E-state index >= 15 is 0 Å². The van der Waals surface area contributed by atoms with Gasteiger partial charge in [-0.25, -0.2) is 4.39 Å². The molecule has 1 fully saturated rings. The Kier molecular flexibility index (Phi) is 5.87. The van der Waals surface area contributed by atoms with Gasteiger partial charge in [-0.3, -0.25) is 4.79 Å². The third-order valence-corrected chi connectivity index (χ3v) is 6.50. The number of hydrogen-bond donors (Lipinski definition) is 1. The van der Waals surface area contributed by atoms with Crippen molar-refractivity contribution in [2.24, 2.45) is 5.16 Å². The van der Waals surface area contributed by atoms with Gasteiger partial charge in [0, 0.05) is 18.4 Å². The number of halogens is 6. The minimum Gasteiger partial charge on any atom is -0.381 e. The zero-order valence-electron chi connectivity index (χ0n) is 17.2. The third kappa shape index (κ3) is 3.96. The lowest BCUT2D eigenvalue weighted by atomic mass is 9.84. The smallest absolute Gasteiger partial charge is 0.381 e. The fraction of sp³-hybridized carbons (Fsp3) is 0.364. The van der Waals surface area contributed by atoms with Crippen molar-refractivity contribution in [3.05, 3.63) is 69.0 Å². The molecule has 1 saturated heterocycles. The number of β-amino-alcohol motifs (C(OH)–C–C–N with tert-alkyl or cyclic N) is 1. The summed E-state index contributed by atoms with van der Waals surface area (Å²) < 4.78 is 56.1. The van der Waals surface area contributed by atoms with E-state index in [9.17, 15) is 27.5 Å². The van der Waals surface area contributed by atoms with Crippen LogP contribution in [0.15, 0.2) is 41.6 Å². The highest BCUT2D eigenvalue weighted by atomic mass is 35.5. The van der Waals surface area contributed by atoms with Crippen LogP contribution in [0.25, 0.3) is 0 Å². The first-order chi connectivity index (χ1) is 15.4. The maximum atomic E-state index is 14.1. The van der Waals surface area contributed by atoms with Crippen molar-refractivity contribution in [2.45, 2.75) is 37.1 Å². The van der Waals surface area contributed by atoms with Gasteiger partial charge >= 0.3 is 6.18 Å². The normalized spacial score (nSPS) is 21.9. The maximum Gasteiger partial charge on any atom is 0.435 e. The summed E-state index contributed by atoms with van der Waals surface area (Å²) in [5.74, 6) is -1.10. The summed E-state index contributed by atoms with van der Waals surface area (Å²) in [6.07, 6.45) is -5.25. The minimum absolute atomic E-state index is 0.0128. The SMILES string of the molecule is CCC(=O)N1CC(O)(c2ccc(C3=NOC(c4cc(Cl)c(F)c(Cl)c4)(C(F)(F)F)C3)cc2)C1. The van der Waals surface area contributed by atoms with Crippen LogP contribution in [0.3, 0.4) is 0 Å². The summed E-state index contributed by atoms with van der Waals surface area (Å²) in [5, 5.41) is 13.2. The van der Waals surface area contributed by atoms with Gasteiger partial charge in [-0.05, 0) is 23.3 Å². The lowest BCUT2D eigenvalue weighted by molar-refractivity contribution is -0.275. The Balaban J connectivity index is 1.58. The van der Waals surface area contributed by atoms with E-state index in [4.69, 9.17) is 28.0 Å². The van der Waals surface area contributed by atoms with E-state index in [0.717, 1.165) is 12.1 Å². The summed E-state index contributed by atoms with van der Waals surface area (Å²) >= 11 is 11.4. The number of rotatable bonds is 4. The number of amides is 1. The molecule has 1 N–H and O–H groups in total. The molecule has 0 aromatic heterocycles. The molecule has 2 aromatic carbocycles. The second-order valence-electron chi connectivity index (χ2n) is 8.10. The lowest BCUT2D eigenvalue weighted by Crippen LogP contribution is -2.61. The zero-order chi connectivity index (χ0) is 24.2. The summed E-state index contributed by atoms with van der Waals surface area (Å²) in [5.41, 5.74) is -3.66. The van der Waals surface area contributed by atoms with Gasteiger partial charge in [-0.1, -0.05) is 59.5 Å². The Hall–Kier alpha value is -2.36. The molecular formula is C22H18Cl2F4N2O3. The number of alkyl halides is 3. The van der Waals surface area contributed by atoms with Crippen LogP contribution in [-0.2, 0) is 20.8 Å². The molecule has 5 nitrogen and oxygen atoms in total. The van der Waals surface area contributed by atoms with Gasteiger partial charge < -0.3 is 14.8 Å². The molecule has 0 saturated carbocycles. The maximum absolute atomic E-state index is 14.1. The number of carbonyl (C=O) groups excluding carboxylic acids is 1. The molecule has 0 radical (unpaired) electrons. The van der Waals surface area contributed by atoms with Crippen molar-refractivity contribution in [3.63, 3.8) is 0 Å². The van der Waals surface area contributed by atoms with Gasteiger partial charge in [0.15, 0.2) is 5.82 Å². The summed E-state index contributed by atoms with van der Waals surface area (Å²) in [6, 6.07) is 7.85. The second-order valence-corrected chi connectivity index (χ2v) is 8.91. The van der Waals surface area contributed by atoms with Crippen molar-refractivity contribution in [3.8, 4) is 0 Å². The molecule has 11 heteroatoms. The van der Waals surface area contributed by atoms with Crippen LogP contribution in [0.1, 0.15) is 36.5 Å². The third-order valence-electron chi connectivity index (χ3n) is 5.95. The molecule has 1 unspecified atom stereocenters. The molecular weight excluding hydrogens is 487 g/mol. The predicted molar refractivity (Wildman–Crippen MR) is 114 cm³/mol. The Labute approximate surface area is 196 Å². The molecule has 4 rings (SSSR count). The predicted octanol–water partition coefficient (Wildman–Crippen LogP) is 5.15. The Morgan fingerprint density at radius 3 is 2.24 bits per heavy atom. The van der Waals surface area contributed by atoms with Crippen molar-refractivity contribution < 1.29 is 32.3 Å². The van der Waals surface area contributed by atoms with Crippen LogP contribution in [0, 0.1) is 5.82 Å². The van der Waals surface area contributed by atoms with E-state index in [1.54, 1.807) is 19.1 Å². The molecule has 33 heavy (non-hydrogen) atoms. The van der Waals surface area contributed by atoms with Gasteiger partial charge in [-0.2, -0.15) is 13.2 Å². The van der Waals surface area contributed by atoms with Crippen molar-refractivity contribution in [1.82, 2.24) is 4.90 Å². The van der Waals surface area contributed by atoms with Crippen LogP contribution < -0.4 is 0 Å². The Morgan fingerprint density at radius 1 is 1.15 bits per heavy atom. The molecule has 2 aromatic rings. The van der Waals surface area contributed by atoms with E-state index in [0.29, 0.717) is 17.5 Å². The highest BCUT2D eigenvalue weighted by molar-refractivity contribution is 6.35. The van der Waals surface area contributed by atoms with E-state index in [-0.39, 0.29) is 24.7 Å². The number of benzene rings is 2. The van der Waals surface area contributed by atoms with Gasteiger partial charge in [-0.15, -0.1) is 0 Å². The Morgan fingerprint density at radius 2 is 1.73 bits per heavy atom. The van der Waals surface area contributed by atoms with Crippen molar-refractivity contribution in [2.75, 3.05) is 13.1 Å². The van der Waals surface area contributed by atoms with Crippen molar-refractivity contribution in [1.29, 1.82) is 0 Å². The minimum atomic E-state index is -4.90. The van der Waals surface area contributed by atoms with E-state index < -0.39 is 45.2 Å². The molecule has 1 atom stereocenters. The highest BCUT2D eigenvalue weighted by Gasteiger charge is 2.62. The highest BCUT2D eigenvalue weighted by Crippen LogP contribution is 2.50. The number of oxime groups is 1. The van der Waals surface area contributed by atoms with Crippen LogP contribution in [-0.4, -0.2) is 40.9 Å². The quantitative estimate of drug-likeness (QED) is 0.462. The number of carbonyl (C=O) groups is 1. The largest absolute Gasteiger partial charge is 0.435 e. The van der Waals surface area contributed by atoms with Crippen LogP contribution in [0.4, 0.5) is 17.6 Å². The summed E-state index contributed by atoms with van der Waals surface area (Å²) in [7, 11) is 0. The van der Waals surface area contributed by atoms with Gasteiger partial charge in [0.25, 0.3) is 5.60 Å². The number of aliphatic hydroxyl groups is 1. The zero-order valence-corrected chi connectivity index (χ0v) is 18.7. The monoisotopic (exact) mass is 504 g/mol. The fourth-order valence-electron chi connectivity index (χ4n) is 3.99. The molecule has 2 aliphatic heterocycles.